The van der Waals surface area contributed by atoms with Crippen LogP contribution in [-0.2, 0) is 10.9 Å². The van der Waals surface area contributed by atoms with Crippen molar-refractivity contribution in [2.45, 2.75) is 37.9 Å². The summed E-state index contributed by atoms with van der Waals surface area (Å²) < 4.78 is 50.2. The van der Waals surface area contributed by atoms with Gasteiger partial charge in [-0.25, -0.2) is 4.98 Å². The van der Waals surface area contributed by atoms with Gasteiger partial charge in [-0.05, 0) is 37.8 Å². The fourth-order valence-electron chi connectivity index (χ4n) is 6.29. The molecular formula is C28H33F3N8O. The predicted octanol–water partition coefficient (Wildman–Crippen LogP) is 2.61. The van der Waals surface area contributed by atoms with Gasteiger partial charge in [-0.2, -0.15) is 22.8 Å². The van der Waals surface area contributed by atoms with Gasteiger partial charge in [0, 0.05) is 51.9 Å². The Kier molecular flexibility index (Phi) is 6.25. The molecule has 0 radical (unpaired) electrons. The van der Waals surface area contributed by atoms with Crippen molar-refractivity contribution in [2.75, 3.05) is 69.5 Å². The fourth-order valence-corrected chi connectivity index (χ4v) is 6.29. The van der Waals surface area contributed by atoms with Gasteiger partial charge in [0.1, 0.15) is 24.1 Å². The molecule has 9 nitrogen and oxygen atoms in total. The molecule has 3 aromatic rings. The first-order valence-corrected chi connectivity index (χ1v) is 14.1. The predicted molar refractivity (Wildman–Crippen MR) is 144 cm³/mol. The monoisotopic (exact) mass is 554 g/mol. The van der Waals surface area contributed by atoms with Gasteiger partial charge in [0.25, 0.3) is 0 Å². The Balaban J connectivity index is 1.37. The van der Waals surface area contributed by atoms with Gasteiger partial charge >= 0.3 is 6.18 Å². The maximum atomic E-state index is 14.2. The van der Waals surface area contributed by atoms with E-state index >= 15 is 0 Å². The van der Waals surface area contributed by atoms with Crippen LogP contribution in [0.25, 0.3) is 11.5 Å². The Hall–Kier alpha value is -3.54. The summed E-state index contributed by atoms with van der Waals surface area (Å²) in [5, 5.41) is 5.63. The van der Waals surface area contributed by atoms with Gasteiger partial charge in [0.2, 0.25) is 0 Å². The minimum Gasteiger partial charge on any atom is -0.378 e. The number of benzene rings is 1. The van der Waals surface area contributed by atoms with Crippen molar-refractivity contribution in [2.24, 2.45) is 4.99 Å². The van der Waals surface area contributed by atoms with E-state index < -0.39 is 11.7 Å². The Labute approximate surface area is 230 Å². The molecule has 0 saturated carbocycles. The van der Waals surface area contributed by atoms with Crippen LogP contribution in [0.3, 0.4) is 0 Å². The zero-order chi connectivity index (χ0) is 27.4. The molecular weight excluding hydrogens is 521 g/mol. The second kappa shape index (κ2) is 9.83. The third kappa shape index (κ3) is 4.32. The van der Waals surface area contributed by atoms with E-state index in [4.69, 9.17) is 14.8 Å². The lowest BCUT2D eigenvalue weighted by Gasteiger charge is -2.42. The average Bonchev–Trinajstić information content (AvgIpc) is 3.35. The number of hydrogen-bond acceptors (Lipinski definition) is 8. The summed E-state index contributed by atoms with van der Waals surface area (Å²) in [7, 11) is 1.82. The largest absolute Gasteiger partial charge is 0.417 e. The molecule has 0 N–H and O–H groups in total. The minimum atomic E-state index is -4.48. The molecule has 0 amide bonds. The number of nitrogens with zero attached hydrogens (tertiary/aromatic N) is 8. The van der Waals surface area contributed by atoms with Crippen molar-refractivity contribution in [3.8, 4) is 0 Å². The van der Waals surface area contributed by atoms with E-state index in [9.17, 15) is 13.2 Å². The second-order valence-electron chi connectivity index (χ2n) is 11.0. The van der Waals surface area contributed by atoms with Gasteiger partial charge in [-0.15, -0.1) is 0 Å². The summed E-state index contributed by atoms with van der Waals surface area (Å²) in [6, 6.07) is 8.25. The molecule has 4 aliphatic rings. The van der Waals surface area contributed by atoms with Crippen molar-refractivity contribution in [3.63, 3.8) is 0 Å². The molecule has 6 heterocycles. The summed E-state index contributed by atoms with van der Waals surface area (Å²) in [6.45, 7) is 5.78. The van der Waals surface area contributed by atoms with Crippen LogP contribution in [0.2, 0.25) is 0 Å². The van der Waals surface area contributed by atoms with Gasteiger partial charge in [0.05, 0.1) is 41.1 Å². The van der Waals surface area contributed by atoms with Gasteiger partial charge in [-0.3, -0.25) is 4.99 Å². The molecule has 3 fully saturated rings. The molecule has 212 valence electrons. The van der Waals surface area contributed by atoms with E-state index in [1.54, 1.807) is 6.07 Å². The number of alkyl halides is 3. The number of piperidine rings is 1. The van der Waals surface area contributed by atoms with Gasteiger partial charge in [0.15, 0.2) is 5.65 Å². The standard InChI is InChI=1S/C28H33F3N8O/c1-35-18-32-20-7-4-6-19(28(29,30)31)26(20)27(35)38-11-3-2-8-22(38)21-16-24-33-23(36-9-5-10-36)17-25(39(24)34-21)37-12-14-40-15-13-37/h4,6-7,16-17,22H,2-3,5,8-15,18H2,1H3. The first-order valence-electron chi connectivity index (χ1n) is 14.1. The number of aromatic nitrogens is 3. The van der Waals surface area contributed by atoms with Crippen LogP contribution >= 0.6 is 0 Å². The van der Waals surface area contributed by atoms with E-state index in [0.29, 0.717) is 37.6 Å². The van der Waals surface area contributed by atoms with Crippen LogP contribution < -0.4 is 20.4 Å². The number of anilines is 2. The lowest BCUT2D eigenvalue weighted by atomic mass is 9.98. The number of hydrogen-bond donors (Lipinski definition) is 0. The highest BCUT2D eigenvalue weighted by molar-refractivity contribution is 5.61. The highest BCUT2D eigenvalue weighted by Gasteiger charge is 2.37. The highest BCUT2D eigenvalue weighted by Crippen LogP contribution is 2.37. The minimum absolute atomic E-state index is 0.159. The van der Waals surface area contributed by atoms with Crippen molar-refractivity contribution >= 4 is 23.1 Å². The Morgan fingerprint density at radius 2 is 1.77 bits per heavy atom. The van der Waals surface area contributed by atoms with Crippen LogP contribution in [-0.4, -0.2) is 84.1 Å². The lowest BCUT2D eigenvalue weighted by Crippen LogP contribution is -2.50. The Bertz CT molecular complexity index is 1540. The van der Waals surface area contributed by atoms with E-state index in [0.717, 1.165) is 80.9 Å². The molecule has 1 aromatic carbocycles. The average molecular weight is 555 g/mol. The molecule has 0 aliphatic carbocycles. The number of halogens is 3. The molecule has 0 spiro atoms. The Morgan fingerprint density at radius 3 is 2.52 bits per heavy atom. The van der Waals surface area contributed by atoms with Crippen LogP contribution in [0.15, 0.2) is 35.3 Å². The first kappa shape index (κ1) is 25.4. The zero-order valence-corrected chi connectivity index (χ0v) is 22.6. The topological polar surface area (TPSA) is 64.7 Å². The highest BCUT2D eigenvalue weighted by atomic mass is 19.4. The zero-order valence-electron chi connectivity index (χ0n) is 22.6. The number of morpholine rings is 1. The summed E-state index contributed by atoms with van der Waals surface area (Å²) in [5.41, 5.74) is 0.946. The first-order chi connectivity index (χ1) is 19.4. The molecule has 40 heavy (non-hydrogen) atoms. The molecule has 7 rings (SSSR count). The number of ether oxygens (including phenoxy) is 1. The van der Waals surface area contributed by atoms with Crippen LogP contribution in [0.4, 0.5) is 24.8 Å². The number of fused-ring (bicyclic) bond motifs is 2. The molecule has 3 saturated heterocycles. The molecule has 4 aliphatic heterocycles. The quantitative estimate of drug-likeness (QED) is 0.492. The summed E-state index contributed by atoms with van der Waals surface area (Å²) in [4.78, 5) is 18.0. The van der Waals surface area contributed by atoms with Crippen molar-refractivity contribution < 1.29 is 17.9 Å². The van der Waals surface area contributed by atoms with Crippen molar-refractivity contribution in [3.05, 3.63) is 52.2 Å². The van der Waals surface area contributed by atoms with E-state index in [2.05, 4.69) is 25.8 Å². The third-order valence-corrected chi connectivity index (χ3v) is 8.43. The van der Waals surface area contributed by atoms with Crippen LogP contribution in [0.5, 0.6) is 0 Å². The molecule has 0 bridgehead atoms. The maximum Gasteiger partial charge on any atom is 0.417 e. The van der Waals surface area contributed by atoms with Crippen LogP contribution in [0.1, 0.15) is 43.0 Å². The number of likely N-dealkylation sites (tertiary alicyclic amines) is 1. The van der Waals surface area contributed by atoms with E-state index in [-0.39, 0.29) is 11.3 Å². The third-order valence-electron chi connectivity index (χ3n) is 8.43. The van der Waals surface area contributed by atoms with Gasteiger partial charge in [-0.1, -0.05) is 6.07 Å². The second-order valence-corrected chi connectivity index (χ2v) is 11.0. The number of rotatable bonds is 4. The smallest absolute Gasteiger partial charge is 0.378 e. The summed E-state index contributed by atoms with van der Waals surface area (Å²) >= 11 is 0. The van der Waals surface area contributed by atoms with E-state index in [1.165, 1.54) is 6.07 Å². The SMILES string of the molecule is CN1CN=c2cccc(C(F)(F)F)c2=C1N1CCCCC1c1cc2nc(N3CCC3)cc(N3CCOCC3)n2n1. The van der Waals surface area contributed by atoms with E-state index in [1.807, 2.05) is 22.5 Å². The van der Waals surface area contributed by atoms with Crippen LogP contribution in [0, 0.1) is 0 Å². The molecule has 1 unspecified atom stereocenters. The maximum absolute atomic E-state index is 14.2. The lowest BCUT2D eigenvalue weighted by molar-refractivity contribution is -0.138. The normalized spacial score (nSPS) is 21.9. The van der Waals surface area contributed by atoms with Crippen molar-refractivity contribution in [1.82, 2.24) is 24.4 Å². The molecule has 12 heteroatoms. The molecule has 2 aromatic heterocycles. The summed E-state index contributed by atoms with van der Waals surface area (Å²) in [6.07, 6.45) is -0.650. The van der Waals surface area contributed by atoms with Crippen molar-refractivity contribution in [1.29, 1.82) is 0 Å². The summed E-state index contributed by atoms with van der Waals surface area (Å²) in [5.74, 6) is 2.50. The molecule has 1 atom stereocenters. The van der Waals surface area contributed by atoms with Gasteiger partial charge < -0.3 is 24.3 Å². The fraction of sp³-hybridized carbons (Fsp3) is 0.536. The Morgan fingerprint density at radius 1 is 0.950 bits per heavy atom.